The number of carbonyl (C=O) groups is 2. The van der Waals surface area contributed by atoms with Crippen molar-refractivity contribution in [1.82, 2.24) is 10.2 Å². The number of methoxy groups -OCH3 is 2. The Kier molecular flexibility index (Phi) is 12.6. The summed E-state index contributed by atoms with van der Waals surface area (Å²) in [4.78, 5) is 28.8. The second-order valence-electron chi connectivity index (χ2n) is 10.8. The van der Waals surface area contributed by atoms with E-state index in [1.807, 2.05) is 0 Å². The molecule has 0 heterocycles. The van der Waals surface area contributed by atoms with E-state index in [0.29, 0.717) is 49.8 Å². The van der Waals surface area contributed by atoms with Crippen LogP contribution in [0.5, 0.6) is 5.75 Å². The number of amides is 1. The van der Waals surface area contributed by atoms with Gasteiger partial charge in [0.25, 0.3) is 5.91 Å². The number of ether oxygens (including phenoxy) is 3. The molecule has 7 nitrogen and oxygen atoms in total. The van der Waals surface area contributed by atoms with Crippen LogP contribution in [-0.2, 0) is 14.3 Å². The summed E-state index contributed by atoms with van der Waals surface area (Å²) >= 11 is 0. The van der Waals surface area contributed by atoms with E-state index in [1.165, 1.54) is 24.3 Å². The third kappa shape index (κ3) is 9.84. The van der Waals surface area contributed by atoms with Crippen LogP contribution in [0.4, 0.5) is 17.6 Å². The molecule has 3 aromatic rings. The topological polar surface area (TPSA) is 77.1 Å². The number of ketones is 1. The van der Waals surface area contributed by atoms with Gasteiger partial charge in [-0.3, -0.25) is 14.5 Å². The molecule has 0 saturated heterocycles. The Hall–Kier alpha value is -4.32. The molecule has 1 amide bonds. The van der Waals surface area contributed by atoms with Gasteiger partial charge in [-0.2, -0.15) is 0 Å². The molecule has 1 saturated carbocycles. The van der Waals surface area contributed by atoms with Crippen LogP contribution >= 0.6 is 0 Å². The van der Waals surface area contributed by atoms with Crippen LogP contribution < -0.4 is 10.1 Å². The molecular weight excluding hydrogens is 604 g/mol. The first-order valence-corrected chi connectivity index (χ1v) is 14.8. The summed E-state index contributed by atoms with van der Waals surface area (Å²) in [6.45, 7) is 3.72. The fourth-order valence-electron chi connectivity index (χ4n) is 5.00. The zero-order valence-electron chi connectivity index (χ0n) is 25.7. The molecule has 0 spiro atoms. The number of Topliss-reactive ketones (excluding diaryl/α,β-unsaturated/α-hetero) is 1. The van der Waals surface area contributed by atoms with Crippen LogP contribution in [0.25, 0.3) is 12.2 Å². The van der Waals surface area contributed by atoms with Gasteiger partial charge in [0.15, 0.2) is 5.78 Å². The zero-order valence-corrected chi connectivity index (χ0v) is 25.7. The standard InChI is InChI=1S/C35H36F4N2O5/c1-44-14-11-41(12-15-45-2)13-16-46-31-9-5-23(6-10-31)35(43)40-30-19-26(17-24-3-7-28(36)21-32(24)38)34(42)27(20-30)18-25-4-8-29(37)22-33(25)39/h3-10,17-18,21-22,30H,11-16,19-20H2,1-2H3,(H,40,43)/b26-17+,27-18+. The summed E-state index contributed by atoms with van der Waals surface area (Å²) in [5, 5.41) is 2.90. The highest BCUT2D eigenvalue weighted by molar-refractivity contribution is 6.14. The van der Waals surface area contributed by atoms with Gasteiger partial charge in [0.2, 0.25) is 0 Å². The maximum Gasteiger partial charge on any atom is 0.251 e. The van der Waals surface area contributed by atoms with Crippen molar-refractivity contribution in [3.8, 4) is 5.75 Å². The van der Waals surface area contributed by atoms with Crippen LogP contribution in [0.1, 0.15) is 34.3 Å². The van der Waals surface area contributed by atoms with Crippen LogP contribution in [0.2, 0.25) is 0 Å². The van der Waals surface area contributed by atoms with Gasteiger partial charge >= 0.3 is 0 Å². The maximum absolute atomic E-state index is 14.5. The van der Waals surface area contributed by atoms with Gasteiger partial charge in [-0.1, -0.05) is 0 Å². The Morgan fingerprint density at radius 3 is 1.76 bits per heavy atom. The molecule has 1 aliphatic carbocycles. The van der Waals surface area contributed by atoms with Gasteiger partial charge in [0, 0.05) is 79.9 Å². The van der Waals surface area contributed by atoms with Gasteiger partial charge in [0.1, 0.15) is 35.6 Å². The molecule has 3 aromatic carbocycles. The third-order valence-electron chi connectivity index (χ3n) is 7.45. The largest absolute Gasteiger partial charge is 0.492 e. The summed E-state index contributed by atoms with van der Waals surface area (Å²) < 4.78 is 72.0. The van der Waals surface area contributed by atoms with E-state index in [2.05, 4.69) is 10.2 Å². The minimum absolute atomic E-state index is 0.0138. The van der Waals surface area contributed by atoms with Crippen molar-refractivity contribution >= 4 is 23.8 Å². The van der Waals surface area contributed by atoms with Gasteiger partial charge in [0.05, 0.1) is 13.2 Å². The van der Waals surface area contributed by atoms with E-state index in [0.717, 1.165) is 25.2 Å². The molecular formula is C35H36F4N2O5. The number of hydrogen-bond acceptors (Lipinski definition) is 6. The normalized spacial score (nSPS) is 16.8. The molecule has 0 unspecified atom stereocenters. The van der Waals surface area contributed by atoms with Crippen molar-refractivity contribution in [2.45, 2.75) is 18.9 Å². The number of benzene rings is 3. The summed E-state index contributed by atoms with van der Waals surface area (Å²) in [7, 11) is 3.29. The SMILES string of the molecule is COCCN(CCOC)CCOc1ccc(C(=O)NC2C/C(=C\c3ccc(F)cc3F)C(=O)/C(=C/c3ccc(F)cc3F)C2)cc1. The number of halogens is 4. The number of nitrogens with one attached hydrogen (secondary N) is 1. The Balaban J connectivity index is 1.47. The van der Waals surface area contributed by atoms with E-state index in [9.17, 15) is 27.2 Å². The smallest absolute Gasteiger partial charge is 0.251 e. The molecule has 0 radical (unpaired) electrons. The van der Waals surface area contributed by atoms with E-state index >= 15 is 0 Å². The fourth-order valence-corrected chi connectivity index (χ4v) is 5.00. The summed E-state index contributed by atoms with van der Waals surface area (Å²) in [5.41, 5.74) is 0.603. The molecule has 4 rings (SSSR count). The first-order valence-electron chi connectivity index (χ1n) is 14.8. The summed E-state index contributed by atoms with van der Waals surface area (Å²) in [6, 6.07) is 11.9. The van der Waals surface area contributed by atoms with Crippen molar-refractivity contribution in [2.75, 3.05) is 53.7 Å². The molecule has 0 aromatic heterocycles. The minimum atomic E-state index is -0.860. The Morgan fingerprint density at radius 1 is 0.783 bits per heavy atom. The Labute approximate surface area is 265 Å². The van der Waals surface area contributed by atoms with Gasteiger partial charge in [-0.15, -0.1) is 0 Å². The van der Waals surface area contributed by atoms with E-state index < -0.39 is 41.0 Å². The van der Waals surface area contributed by atoms with Crippen LogP contribution in [0, 0.1) is 23.3 Å². The molecule has 0 bridgehead atoms. The molecule has 1 N–H and O–H groups in total. The monoisotopic (exact) mass is 640 g/mol. The minimum Gasteiger partial charge on any atom is -0.492 e. The van der Waals surface area contributed by atoms with Crippen LogP contribution in [0.3, 0.4) is 0 Å². The average Bonchev–Trinajstić information content (AvgIpc) is 3.03. The lowest BCUT2D eigenvalue weighted by molar-refractivity contribution is -0.113. The third-order valence-corrected chi connectivity index (χ3v) is 7.45. The van der Waals surface area contributed by atoms with E-state index in [1.54, 1.807) is 38.5 Å². The highest BCUT2D eigenvalue weighted by Gasteiger charge is 2.29. The van der Waals surface area contributed by atoms with Gasteiger partial charge in [-0.05, 0) is 73.5 Å². The lowest BCUT2D eigenvalue weighted by Gasteiger charge is -2.27. The van der Waals surface area contributed by atoms with Crippen LogP contribution in [-0.4, -0.2) is 76.3 Å². The zero-order chi connectivity index (χ0) is 33.1. The van der Waals surface area contributed by atoms with E-state index in [-0.39, 0.29) is 35.1 Å². The lowest BCUT2D eigenvalue weighted by atomic mass is 9.83. The van der Waals surface area contributed by atoms with Crippen molar-refractivity contribution in [3.05, 3.63) is 112 Å². The molecule has 46 heavy (non-hydrogen) atoms. The highest BCUT2D eigenvalue weighted by Crippen LogP contribution is 2.30. The van der Waals surface area contributed by atoms with Crippen LogP contribution in [0.15, 0.2) is 71.8 Å². The predicted octanol–water partition coefficient (Wildman–Crippen LogP) is 5.85. The molecule has 0 atom stereocenters. The fraction of sp³-hybridized carbons (Fsp3) is 0.314. The number of carbonyl (C=O) groups excluding carboxylic acids is 2. The predicted molar refractivity (Wildman–Crippen MR) is 166 cm³/mol. The molecule has 0 aliphatic heterocycles. The Morgan fingerprint density at radius 2 is 1.28 bits per heavy atom. The second-order valence-corrected chi connectivity index (χ2v) is 10.8. The van der Waals surface area contributed by atoms with Crippen molar-refractivity contribution < 1.29 is 41.4 Å². The average molecular weight is 641 g/mol. The van der Waals surface area contributed by atoms with Crippen molar-refractivity contribution in [2.24, 2.45) is 0 Å². The maximum atomic E-state index is 14.5. The highest BCUT2D eigenvalue weighted by atomic mass is 19.1. The molecule has 11 heteroatoms. The van der Waals surface area contributed by atoms with Crippen molar-refractivity contribution in [3.63, 3.8) is 0 Å². The molecule has 244 valence electrons. The lowest BCUT2D eigenvalue weighted by Crippen LogP contribution is -2.39. The first-order chi connectivity index (χ1) is 22.2. The quantitative estimate of drug-likeness (QED) is 0.176. The number of hydrogen-bond donors (Lipinski definition) is 1. The summed E-state index contributed by atoms with van der Waals surface area (Å²) in [5.74, 6) is -3.58. The van der Waals surface area contributed by atoms with Gasteiger partial charge in [-0.25, -0.2) is 17.6 Å². The summed E-state index contributed by atoms with van der Waals surface area (Å²) in [6.07, 6.45) is 2.69. The number of nitrogens with zero attached hydrogens (tertiary/aromatic N) is 1. The molecule has 1 aliphatic rings. The van der Waals surface area contributed by atoms with Crippen molar-refractivity contribution in [1.29, 1.82) is 0 Å². The number of rotatable bonds is 14. The van der Waals surface area contributed by atoms with E-state index in [4.69, 9.17) is 14.2 Å². The first kappa shape index (κ1) is 34.6. The second kappa shape index (κ2) is 16.8. The Bertz CT molecular complexity index is 1490. The molecule has 1 fully saturated rings. The van der Waals surface area contributed by atoms with Gasteiger partial charge < -0.3 is 19.5 Å².